The molecule has 1 fully saturated rings. The largest absolute Gasteiger partial charge is 0.508 e. The van der Waals surface area contributed by atoms with Crippen LogP contribution in [0.2, 0.25) is 0 Å². The lowest BCUT2D eigenvalue weighted by molar-refractivity contribution is -0.278. The molecule has 3 N–H and O–H groups in total. The summed E-state index contributed by atoms with van der Waals surface area (Å²) in [4.78, 5) is 11.7. The Hall–Kier alpha value is -2.86. The normalized spacial score (nSPS) is 29.1. The second-order valence-corrected chi connectivity index (χ2v) is 8.51. The summed E-state index contributed by atoms with van der Waals surface area (Å²) in [5.74, 6) is -0.272. The zero-order valence-corrected chi connectivity index (χ0v) is 20.6. The van der Waals surface area contributed by atoms with Crippen molar-refractivity contribution in [2.24, 2.45) is 0 Å². The van der Waals surface area contributed by atoms with Crippen molar-refractivity contribution in [3.05, 3.63) is 41.1 Å². The number of benzene rings is 1. The first kappa shape index (κ1) is 17.6. The van der Waals surface area contributed by atoms with Gasteiger partial charge in [0.1, 0.15) is 36.8 Å². The Bertz CT molecular complexity index is 1350. The number of hydrogen-bond donors (Lipinski definition) is 3. The van der Waals surface area contributed by atoms with Crippen molar-refractivity contribution in [2.45, 2.75) is 90.6 Å². The number of carbonyl (C=O) groups is 1. The minimum Gasteiger partial charge on any atom is -0.491 e. The van der Waals surface area contributed by atoms with Gasteiger partial charge in [-0.25, -0.2) is 4.79 Å². The topological polar surface area (TPSA) is 142 Å². The molecule has 37 heavy (non-hydrogen) atoms. The van der Waals surface area contributed by atoms with Crippen LogP contribution in [0.4, 0.5) is 4.79 Å². The van der Waals surface area contributed by atoms with Crippen molar-refractivity contribution < 1.29 is 57.5 Å². The predicted octanol–water partition coefficient (Wildman–Crippen LogP) is 2.51. The van der Waals surface area contributed by atoms with Gasteiger partial charge in [0.15, 0.2) is 0 Å². The fourth-order valence-corrected chi connectivity index (χ4v) is 3.58. The quantitative estimate of drug-likeness (QED) is 0.391. The van der Waals surface area contributed by atoms with Crippen LogP contribution in [0.1, 0.15) is 71.0 Å². The minimum absolute atomic E-state index is 0.0330. The van der Waals surface area contributed by atoms with Gasteiger partial charge < -0.3 is 39.0 Å². The zero-order chi connectivity index (χ0) is 35.7. The van der Waals surface area contributed by atoms with Crippen molar-refractivity contribution in [2.75, 3.05) is 13.2 Å². The van der Waals surface area contributed by atoms with Crippen LogP contribution in [0.15, 0.2) is 24.3 Å². The maximum absolute atomic E-state index is 11.7. The molecule has 1 aromatic heterocycles. The SMILES string of the molecule is [2H]C([2H])([2H])c1c(Cc2ccc(OC(C)C)cc2)c(O[C@@H]2O[C@H](COC(=O)OCC)[C@@H](O)[C@H](O)[C@H]2O)nn1C([2H])(C([2H])([2H])[2H])C([2H])([2H])[2H]. The second kappa shape index (κ2) is 12.6. The summed E-state index contributed by atoms with van der Waals surface area (Å²) in [5, 5.41) is 35.6. The average Bonchev–Trinajstić information content (AvgIpc) is 3.30. The molecule has 1 saturated heterocycles. The van der Waals surface area contributed by atoms with E-state index in [1.165, 1.54) is 6.92 Å². The summed E-state index contributed by atoms with van der Waals surface area (Å²) < 4.78 is 107. The Morgan fingerprint density at radius 1 is 1.16 bits per heavy atom. The molecule has 11 nitrogen and oxygen atoms in total. The molecule has 2 heterocycles. The first-order valence-electron chi connectivity index (χ1n) is 16.6. The van der Waals surface area contributed by atoms with E-state index in [1.54, 1.807) is 24.3 Å². The third kappa shape index (κ3) is 7.13. The summed E-state index contributed by atoms with van der Waals surface area (Å²) in [6, 6.07) is 2.62. The van der Waals surface area contributed by atoms with Gasteiger partial charge in [0.2, 0.25) is 12.2 Å². The highest BCUT2D eigenvalue weighted by atomic mass is 16.7. The van der Waals surface area contributed by atoms with E-state index in [4.69, 9.17) is 32.7 Å². The van der Waals surface area contributed by atoms with Gasteiger partial charge in [-0.2, -0.15) is 0 Å². The van der Waals surface area contributed by atoms with Gasteiger partial charge >= 0.3 is 6.16 Å². The number of hydrogen-bond acceptors (Lipinski definition) is 10. The molecule has 0 aliphatic carbocycles. The summed E-state index contributed by atoms with van der Waals surface area (Å²) in [6.07, 6.45) is -11.0. The summed E-state index contributed by atoms with van der Waals surface area (Å²) in [5.41, 5.74) is -0.940. The molecule has 1 aliphatic rings. The minimum atomic E-state index is -3.66. The lowest BCUT2D eigenvalue weighted by Gasteiger charge is -2.39. The molecule has 0 bridgehead atoms. The molecule has 0 radical (unpaired) electrons. The Morgan fingerprint density at radius 3 is 2.51 bits per heavy atom. The molecule has 3 rings (SSSR count). The lowest BCUT2D eigenvalue weighted by atomic mass is 9.99. The Labute approximate surface area is 230 Å². The summed E-state index contributed by atoms with van der Waals surface area (Å²) in [6.45, 7) is -6.19. The van der Waals surface area contributed by atoms with Gasteiger partial charge in [-0.1, -0.05) is 12.1 Å². The van der Waals surface area contributed by atoms with Gasteiger partial charge in [0.05, 0.1) is 14.1 Å². The van der Waals surface area contributed by atoms with Crippen molar-refractivity contribution in [1.82, 2.24) is 9.78 Å². The van der Waals surface area contributed by atoms with Gasteiger partial charge in [0, 0.05) is 36.0 Å². The molecule has 1 aliphatic heterocycles. The van der Waals surface area contributed by atoms with Gasteiger partial charge in [-0.15, -0.1) is 5.10 Å². The van der Waals surface area contributed by atoms with E-state index in [-0.39, 0.29) is 29.4 Å². The Morgan fingerprint density at radius 2 is 1.89 bits per heavy atom. The highest BCUT2D eigenvalue weighted by Gasteiger charge is 2.46. The Balaban J connectivity index is 2.19. The van der Waals surface area contributed by atoms with Crippen molar-refractivity contribution in [1.29, 1.82) is 0 Å². The van der Waals surface area contributed by atoms with Crippen molar-refractivity contribution in [3.63, 3.8) is 0 Å². The number of carbonyl (C=O) groups excluding carboxylic acids is 1. The van der Waals surface area contributed by atoms with E-state index in [2.05, 4.69) is 9.84 Å². The third-order valence-corrected chi connectivity index (χ3v) is 5.36. The van der Waals surface area contributed by atoms with E-state index in [0.717, 1.165) is 0 Å². The van der Waals surface area contributed by atoms with Crippen LogP contribution < -0.4 is 9.47 Å². The molecular weight excluding hydrogens is 484 g/mol. The highest BCUT2D eigenvalue weighted by molar-refractivity contribution is 5.59. The average molecular weight is 533 g/mol. The summed E-state index contributed by atoms with van der Waals surface area (Å²) in [7, 11) is 0. The molecule has 5 atom stereocenters. The molecular formula is C26H38N2O9. The number of aromatic nitrogens is 2. The van der Waals surface area contributed by atoms with Crippen LogP contribution in [0.3, 0.4) is 0 Å². The molecule has 0 amide bonds. The molecule has 11 heteroatoms. The number of rotatable bonds is 10. The van der Waals surface area contributed by atoms with Crippen LogP contribution in [0.5, 0.6) is 11.6 Å². The van der Waals surface area contributed by atoms with E-state index < -0.39 is 81.6 Å². The predicted molar refractivity (Wildman–Crippen MR) is 133 cm³/mol. The molecule has 1 aromatic carbocycles. The smallest absolute Gasteiger partial charge is 0.491 e. The first-order valence-corrected chi connectivity index (χ1v) is 11.6. The summed E-state index contributed by atoms with van der Waals surface area (Å²) >= 11 is 0. The van der Waals surface area contributed by atoms with Crippen LogP contribution >= 0.6 is 0 Å². The number of aliphatic hydroxyl groups is 3. The van der Waals surface area contributed by atoms with Crippen LogP contribution in [-0.2, 0) is 20.6 Å². The number of ether oxygens (including phenoxy) is 5. The standard InChI is InChI=1S/C26H38N2O9/c1-7-33-26(32)34-13-20-21(29)22(30)23(31)25(36-20)37-24-19(16(6)28(27-24)14(2)3)12-17-8-10-18(11-9-17)35-15(4)5/h8-11,14-15,20-23,25,29-31H,7,12-13H2,1-6H3/t20-,21-,22+,23-,25+/m1/s1/i2D3,3D3,6D3,14D. The van der Waals surface area contributed by atoms with Crippen LogP contribution in [-0.4, -0.2) is 81.3 Å². The molecule has 2 aromatic rings. The third-order valence-electron chi connectivity index (χ3n) is 5.36. The van der Waals surface area contributed by atoms with E-state index in [1.807, 2.05) is 13.8 Å². The van der Waals surface area contributed by atoms with Crippen molar-refractivity contribution in [3.8, 4) is 11.6 Å². The second-order valence-electron chi connectivity index (χ2n) is 8.51. The molecule has 0 saturated carbocycles. The molecule has 206 valence electrons. The van der Waals surface area contributed by atoms with Gasteiger partial charge in [-0.3, -0.25) is 4.68 Å². The number of aliphatic hydroxyl groups excluding tert-OH is 3. The zero-order valence-electron chi connectivity index (χ0n) is 30.6. The van der Waals surface area contributed by atoms with E-state index in [9.17, 15) is 20.1 Å². The van der Waals surface area contributed by atoms with Gasteiger partial charge in [0.25, 0.3) is 0 Å². The number of nitrogens with zero attached hydrogens (tertiary/aromatic N) is 2. The first-order chi connectivity index (χ1) is 21.5. The monoisotopic (exact) mass is 532 g/mol. The maximum atomic E-state index is 11.7. The van der Waals surface area contributed by atoms with E-state index >= 15 is 0 Å². The lowest BCUT2D eigenvalue weighted by Crippen LogP contribution is -2.60. The molecule has 0 spiro atoms. The fourth-order valence-electron chi connectivity index (χ4n) is 3.58. The van der Waals surface area contributed by atoms with Crippen LogP contribution in [0, 0.1) is 6.85 Å². The van der Waals surface area contributed by atoms with Crippen LogP contribution in [0.25, 0.3) is 0 Å². The fraction of sp³-hybridized carbons (Fsp3) is 0.615. The van der Waals surface area contributed by atoms with Crippen molar-refractivity contribution >= 4 is 6.16 Å². The Kier molecular flexibility index (Phi) is 5.99. The highest BCUT2D eigenvalue weighted by Crippen LogP contribution is 2.31. The van der Waals surface area contributed by atoms with E-state index in [0.29, 0.717) is 11.3 Å². The maximum Gasteiger partial charge on any atom is 0.508 e. The van der Waals surface area contributed by atoms with Gasteiger partial charge in [-0.05, 0) is 59.0 Å². The molecule has 0 unspecified atom stereocenters.